The van der Waals surface area contributed by atoms with Gasteiger partial charge in [0.05, 0.1) is 49.2 Å². The second-order valence-corrected chi connectivity index (χ2v) is 11.0. The van der Waals surface area contributed by atoms with Crippen molar-refractivity contribution >= 4 is 35.6 Å². The van der Waals surface area contributed by atoms with Gasteiger partial charge in [0.2, 0.25) is 0 Å². The van der Waals surface area contributed by atoms with E-state index in [0.717, 1.165) is 4.90 Å². The molecule has 16 nitrogen and oxygen atoms in total. The number of rotatable bonds is 13. The van der Waals surface area contributed by atoms with Crippen LogP contribution in [-0.2, 0) is 41.8 Å². The Balaban J connectivity index is 1.64. The number of carbonyl (C=O) groups excluding carboxylic acids is 3. The third-order valence-corrected chi connectivity index (χ3v) is 7.65. The molecule has 0 saturated heterocycles. The van der Waals surface area contributed by atoms with Crippen molar-refractivity contribution in [1.29, 1.82) is 0 Å². The molecule has 47 heavy (non-hydrogen) atoms. The van der Waals surface area contributed by atoms with Crippen LogP contribution < -0.4 is 5.32 Å². The summed E-state index contributed by atoms with van der Waals surface area (Å²) in [5.74, 6) is -5.02. The zero-order valence-electron chi connectivity index (χ0n) is 25.5. The fraction of sp³-hybridized carbons (Fsp3) is 0.419. The van der Waals surface area contributed by atoms with Gasteiger partial charge in [-0.3, -0.25) is 53.4 Å². The Morgan fingerprint density at radius 2 is 1.53 bits per heavy atom. The number of carboxylic acid groups (broad SMARTS) is 3. The topological polar surface area (TPSA) is 220 Å². The highest BCUT2D eigenvalue weighted by Gasteiger charge is 2.30. The van der Waals surface area contributed by atoms with E-state index < -0.39 is 54.1 Å². The average Bonchev–Trinajstić information content (AvgIpc) is 3.35. The van der Waals surface area contributed by atoms with Crippen LogP contribution in [-0.4, -0.2) is 121 Å². The van der Waals surface area contributed by atoms with Crippen molar-refractivity contribution in [3.8, 4) is 0 Å². The molecule has 16 heteroatoms. The van der Waals surface area contributed by atoms with Crippen molar-refractivity contribution in [3.05, 3.63) is 71.3 Å². The molecule has 0 aromatic carbocycles. The van der Waals surface area contributed by atoms with Gasteiger partial charge in [-0.05, 0) is 30.7 Å². The fourth-order valence-corrected chi connectivity index (χ4v) is 5.40. The summed E-state index contributed by atoms with van der Waals surface area (Å²) in [6.07, 6.45) is 3.28. The van der Waals surface area contributed by atoms with Crippen LogP contribution in [0.4, 0.5) is 0 Å². The third kappa shape index (κ3) is 9.96. The van der Waals surface area contributed by atoms with E-state index in [1.54, 1.807) is 30.5 Å². The van der Waals surface area contributed by atoms with Gasteiger partial charge in [0.25, 0.3) is 17.7 Å². The number of amides is 3. The SMILES string of the molecule is O=C(O)CC(C(=O)O)N1CCOCCN(C(CC(=O)O)c2ccccn2)Cc2cc(C(=O)NCCCN3C(=O)C=CC3=O)cc(n2)C1. The molecule has 0 fully saturated rings. The molecular weight excluding hydrogens is 616 g/mol. The summed E-state index contributed by atoms with van der Waals surface area (Å²) in [7, 11) is 0. The molecule has 250 valence electrons. The Hall–Kier alpha value is -5.06. The summed E-state index contributed by atoms with van der Waals surface area (Å²) in [6, 6.07) is 6.15. The Bertz CT molecular complexity index is 1500. The zero-order valence-corrected chi connectivity index (χ0v) is 25.5. The monoisotopic (exact) mass is 652 g/mol. The molecule has 2 unspecified atom stereocenters. The number of ether oxygens (including phenoxy) is 1. The molecule has 2 bridgehead atoms. The summed E-state index contributed by atoms with van der Waals surface area (Å²) in [5.41, 5.74) is 1.37. The third-order valence-electron chi connectivity index (χ3n) is 7.65. The highest BCUT2D eigenvalue weighted by Crippen LogP contribution is 2.25. The van der Waals surface area contributed by atoms with E-state index in [-0.39, 0.29) is 70.2 Å². The van der Waals surface area contributed by atoms with E-state index in [1.807, 2.05) is 4.90 Å². The number of aromatic nitrogens is 2. The first-order valence-corrected chi connectivity index (χ1v) is 15.0. The smallest absolute Gasteiger partial charge is 0.321 e. The number of nitrogens with zero attached hydrogens (tertiary/aromatic N) is 5. The summed E-state index contributed by atoms with van der Waals surface area (Å²) < 4.78 is 5.80. The quantitative estimate of drug-likeness (QED) is 0.169. The van der Waals surface area contributed by atoms with Crippen LogP contribution in [0.25, 0.3) is 0 Å². The van der Waals surface area contributed by atoms with Gasteiger partial charge < -0.3 is 25.4 Å². The van der Waals surface area contributed by atoms with E-state index in [0.29, 0.717) is 17.8 Å². The van der Waals surface area contributed by atoms with Crippen LogP contribution in [0.15, 0.2) is 48.7 Å². The number of pyridine rings is 2. The van der Waals surface area contributed by atoms with Crippen LogP contribution >= 0.6 is 0 Å². The second kappa shape index (κ2) is 16.5. The van der Waals surface area contributed by atoms with Crippen molar-refractivity contribution in [3.63, 3.8) is 0 Å². The highest BCUT2D eigenvalue weighted by atomic mass is 16.5. The summed E-state index contributed by atoms with van der Waals surface area (Å²) in [5, 5.41) is 31.7. The zero-order chi connectivity index (χ0) is 33.9. The molecule has 2 aromatic rings. The maximum absolute atomic E-state index is 13.3. The normalized spacial score (nSPS) is 17.4. The molecular formula is C31H36N6O10. The maximum atomic E-state index is 13.3. The van der Waals surface area contributed by atoms with Crippen LogP contribution in [0, 0.1) is 0 Å². The lowest BCUT2D eigenvalue weighted by Crippen LogP contribution is -2.44. The van der Waals surface area contributed by atoms with Gasteiger partial charge in [0, 0.05) is 63.2 Å². The summed E-state index contributed by atoms with van der Waals surface area (Å²) in [4.78, 5) is 85.8. The van der Waals surface area contributed by atoms with Crippen LogP contribution in [0.3, 0.4) is 0 Å². The highest BCUT2D eigenvalue weighted by molar-refractivity contribution is 6.12. The number of aliphatic carboxylic acids is 3. The number of nitrogens with one attached hydrogen (secondary N) is 1. The van der Waals surface area contributed by atoms with Crippen LogP contribution in [0.5, 0.6) is 0 Å². The Labute approximate surface area is 269 Å². The van der Waals surface area contributed by atoms with Crippen molar-refractivity contribution in [2.75, 3.05) is 39.4 Å². The number of hydrogen-bond acceptors (Lipinski definition) is 11. The lowest BCUT2D eigenvalue weighted by Gasteiger charge is -2.32. The van der Waals surface area contributed by atoms with Gasteiger partial charge in [-0.25, -0.2) is 0 Å². The van der Waals surface area contributed by atoms with Crippen molar-refractivity contribution in [2.45, 2.75) is 44.4 Å². The Morgan fingerprint density at radius 3 is 2.13 bits per heavy atom. The van der Waals surface area contributed by atoms with Crippen LogP contribution in [0.2, 0.25) is 0 Å². The molecule has 2 aliphatic heterocycles. The molecule has 3 amide bonds. The largest absolute Gasteiger partial charge is 0.481 e. The molecule has 0 spiro atoms. The molecule has 4 heterocycles. The van der Waals surface area contributed by atoms with Gasteiger partial charge in [-0.15, -0.1) is 0 Å². The molecule has 2 aromatic heterocycles. The maximum Gasteiger partial charge on any atom is 0.321 e. The average molecular weight is 653 g/mol. The molecule has 0 radical (unpaired) electrons. The van der Waals surface area contributed by atoms with E-state index >= 15 is 0 Å². The van der Waals surface area contributed by atoms with Crippen molar-refractivity contribution < 1.29 is 48.8 Å². The molecule has 2 aliphatic rings. The molecule has 0 saturated carbocycles. The molecule has 4 rings (SSSR count). The van der Waals surface area contributed by atoms with Crippen molar-refractivity contribution in [1.82, 2.24) is 30.0 Å². The van der Waals surface area contributed by atoms with Crippen molar-refractivity contribution in [2.24, 2.45) is 0 Å². The minimum atomic E-state index is -1.40. The first-order valence-electron chi connectivity index (χ1n) is 15.0. The second-order valence-electron chi connectivity index (χ2n) is 11.0. The first kappa shape index (κ1) is 34.8. The van der Waals surface area contributed by atoms with Gasteiger partial charge in [0.1, 0.15) is 6.04 Å². The van der Waals surface area contributed by atoms with Gasteiger partial charge in [-0.1, -0.05) is 6.07 Å². The van der Waals surface area contributed by atoms with E-state index in [2.05, 4.69) is 10.3 Å². The first-order chi connectivity index (χ1) is 22.5. The van der Waals surface area contributed by atoms with E-state index in [4.69, 9.17) is 9.72 Å². The number of hydrogen-bond donors (Lipinski definition) is 4. The number of carbonyl (C=O) groups is 6. The minimum Gasteiger partial charge on any atom is -0.481 e. The number of imide groups is 1. The summed E-state index contributed by atoms with van der Waals surface area (Å²) in [6.45, 7) is 0.678. The molecule has 2 atom stereocenters. The van der Waals surface area contributed by atoms with Gasteiger partial charge >= 0.3 is 17.9 Å². The lowest BCUT2D eigenvalue weighted by molar-refractivity contribution is -0.150. The van der Waals surface area contributed by atoms with Gasteiger partial charge in [-0.2, -0.15) is 0 Å². The number of fused-ring (bicyclic) bond motifs is 2. The molecule has 0 aliphatic carbocycles. The predicted octanol–water partition coefficient (Wildman–Crippen LogP) is 0.300. The Morgan fingerprint density at radius 1 is 0.894 bits per heavy atom. The minimum absolute atomic E-state index is 0.0409. The van der Waals surface area contributed by atoms with Crippen LogP contribution in [0.1, 0.15) is 52.7 Å². The predicted molar refractivity (Wildman–Crippen MR) is 162 cm³/mol. The van der Waals surface area contributed by atoms with E-state index in [9.17, 15) is 44.1 Å². The Kier molecular flexibility index (Phi) is 12.2. The molecule has 4 N–H and O–H groups in total. The summed E-state index contributed by atoms with van der Waals surface area (Å²) >= 11 is 0. The lowest BCUT2D eigenvalue weighted by atomic mass is 10.1. The number of carboxylic acids is 3. The van der Waals surface area contributed by atoms with E-state index in [1.165, 1.54) is 23.1 Å². The standard InChI is InChI=1S/C31H36N6O10/c38-26-5-6-27(39)37(26)9-3-8-33-30(44)20-14-21-18-35(24(16-28(40)41)23-4-1-2-7-32-23)10-12-47-13-11-36(19-22(15-20)34-21)25(31(45)46)17-29(42)43/h1-2,4-7,14-15,24-25H,3,8-13,16-19H2,(H,33,44)(H,40,41)(H,42,43)(H,45,46). The van der Waals surface area contributed by atoms with Gasteiger partial charge in [0.15, 0.2) is 0 Å². The fourth-order valence-electron chi connectivity index (χ4n) is 5.40.